The molecule has 0 fully saturated rings. The minimum absolute atomic E-state index is 0.0193. The molecule has 0 aliphatic rings. The largest absolute Gasteiger partial charge is 0.494 e. The van der Waals surface area contributed by atoms with Crippen LogP contribution in [-0.4, -0.2) is 50.4 Å². The molecule has 4 aromatic carbocycles. The molecule has 0 aliphatic heterocycles. The Labute approximate surface area is 293 Å². The molecule has 0 aliphatic carbocycles. The van der Waals surface area contributed by atoms with Gasteiger partial charge in [0, 0.05) is 34.6 Å². The van der Waals surface area contributed by atoms with Gasteiger partial charge in [0.1, 0.15) is 18.3 Å². The summed E-state index contributed by atoms with van der Waals surface area (Å²) in [5.74, 6) is -0.436. The number of rotatable bonds is 15. The second kappa shape index (κ2) is 16.9. The van der Waals surface area contributed by atoms with Crippen LogP contribution in [0.15, 0.2) is 102 Å². The van der Waals surface area contributed by atoms with Crippen LogP contribution in [0.5, 0.6) is 5.75 Å². The number of carbonyl (C=O) groups excluding carboxylic acids is 2. The zero-order valence-corrected chi connectivity index (χ0v) is 29.9. The number of anilines is 1. The van der Waals surface area contributed by atoms with E-state index in [0.29, 0.717) is 34.4 Å². The monoisotopic (exact) mass is 709 g/mol. The van der Waals surface area contributed by atoms with E-state index in [2.05, 4.69) is 5.32 Å². The maximum atomic E-state index is 14.7. The van der Waals surface area contributed by atoms with Crippen molar-refractivity contribution in [1.29, 1.82) is 0 Å². The Hall–Kier alpha value is -4.05. The molecule has 2 amide bonds. The molecule has 0 spiro atoms. The van der Waals surface area contributed by atoms with Crippen molar-refractivity contribution in [2.45, 2.75) is 64.1 Å². The van der Waals surface area contributed by atoms with Crippen LogP contribution in [-0.2, 0) is 32.6 Å². The second-order valence-corrected chi connectivity index (χ2v) is 14.2. The van der Waals surface area contributed by atoms with Gasteiger partial charge < -0.3 is 15.0 Å². The van der Waals surface area contributed by atoms with Crippen molar-refractivity contribution < 1.29 is 22.7 Å². The number of hydrogen-bond donors (Lipinski definition) is 1. The number of benzene rings is 4. The smallest absolute Gasteiger partial charge is 0.264 e. The summed E-state index contributed by atoms with van der Waals surface area (Å²) in [6, 6.07) is 26.1. The number of aryl methyl sites for hydroxylation is 1. The van der Waals surface area contributed by atoms with Crippen molar-refractivity contribution in [3.63, 3.8) is 0 Å². The maximum absolute atomic E-state index is 14.7. The molecule has 2 atom stereocenters. The van der Waals surface area contributed by atoms with E-state index >= 15 is 0 Å². The average molecular weight is 711 g/mol. The number of ether oxygens (including phenoxy) is 1. The van der Waals surface area contributed by atoms with Crippen LogP contribution in [0.4, 0.5) is 5.69 Å². The summed E-state index contributed by atoms with van der Waals surface area (Å²) in [6.07, 6.45) is 0.846. The predicted octanol–water partition coefficient (Wildman–Crippen LogP) is 7.45. The minimum Gasteiger partial charge on any atom is -0.494 e. The maximum Gasteiger partial charge on any atom is 0.264 e. The molecule has 1 N–H and O–H groups in total. The lowest BCUT2D eigenvalue weighted by Gasteiger charge is -2.34. The van der Waals surface area contributed by atoms with Gasteiger partial charge >= 0.3 is 0 Å². The molecule has 48 heavy (non-hydrogen) atoms. The molecule has 0 radical (unpaired) electrons. The molecule has 0 bridgehead atoms. The zero-order valence-electron chi connectivity index (χ0n) is 27.5. The number of carbonyl (C=O) groups is 2. The first-order valence-corrected chi connectivity index (χ1v) is 18.0. The van der Waals surface area contributed by atoms with Crippen molar-refractivity contribution in [3.05, 3.63) is 124 Å². The van der Waals surface area contributed by atoms with Gasteiger partial charge in [-0.1, -0.05) is 84.2 Å². The van der Waals surface area contributed by atoms with Gasteiger partial charge in [-0.2, -0.15) is 0 Å². The van der Waals surface area contributed by atoms with Gasteiger partial charge in [-0.05, 0) is 81.3 Å². The molecule has 0 saturated carbocycles. The summed E-state index contributed by atoms with van der Waals surface area (Å²) >= 11 is 13.2. The molecule has 0 saturated heterocycles. The summed E-state index contributed by atoms with van der Waals surface area (Å²) in [6.45, 7) is 7.25. The number of halogens is 2. The Balaban J connectivity index is 1.84. The van der Waals surface area contributed by atoms with E-state index in [1.807, 2.05) is 58.0 Å². The van der Waals surface area contributed by atoms with Gasteiger partial charge in [0.2, 0.25) is 11.8 Å². The van der Waals surface area contributed by atoms with E-state index in [9.17, 15) is 18.0 Å². The van der Waals surface area contributed by atoms with Gasteiger partial charge in [-0.25, -0.2) is 8.42 Å². The first kappa shape index (κ1) is 36.8. The normalized spacial score (nSPS) is 12.5. The number of sulfonamides is 1. The average Bonchev–Trinajstić information content (AvgIpc) is 3.07. The first-order valence-electron chi connectivity index (χ1n) is 15.8. The highest BCUT2D eigenvalue weighted by Gasteiger charge is 2.35. The van der Waals surface area contributed by atoms with Gasteiger partial charge in [0.05, 0.1) is 17.2 Å². The van der Waals surface area contributed by atoms with E-state index < -0.39 is 28.5 Å². The summed E-state index contributed by atoms with van der Waals surface area (Å²) < 4.78 is 35.2. The fourth-order valence-electron chi connectivity index (χ4n) is 5.09. The highest BCUT2D eigenvalue weighted by atomic mass is 35.5. The van der Waals surface area contributed by atoms with Gasteiger partial charge in [0.25, 0.3) is 10.0 Å². The molecule has 0 unspecified atom stereocenters. The van der Waals surface area contributed by atoms with E-state index in [4.69, 9.17) is 27.9 Å². The number of nitrogens with zero attached hydrogens (tertiary/aromatic N) is 2. The fraction of sp³-hybridized carbons (Fsp3) is 0.297. The Morgan fingerprint density at radius 2 is 1.48 bits per heavy atom. The van der Waals surface area contributed by atoms with E-state index in [1.54, 1.807) is 54.6 Å². The number of amides is 2. The lowest BCUT2D eigenvalue weighted by molar-refractivity contribution is -0.140. The van der Waals surface area contributed by atoms with Crippen molar-refractivity contribution >= 4 is 50.7 Å². The van der Waals surface area contributed by atoms with E-state index in [-0.39, 0.29) is 35.5 Å². The van der Waals surface area contributed by atoms with Crippen LogP contribution in [0, 0.1) is 6.92 Å². The second-order valence-electron chi connectivity index (χ2n) is 11.5. The molecule has 0 aromatic heterocycles. The molecule has 0 heterocycles. The summed E-state index contributed by atoms with van der Waals surface area (Å²) in [7, 11) is -4.25. The molecule has 4 aromatic rings. The predicted molar refractivity (Wildman–Crippen MR) is 192 cm³/mol. The zero-order chi connectivity index (χ0) is 34.8. The third kappa shape index (κ3) is 9.30. The molecular formula is C37H41Cl2N3O5S. The molecule has 8 nitrogen and oxygen atoms in total. The standard InChI is InChI=1S/C37H41Cl2N3O5S/c1-5-27(4)40-37(44)35(23-28-11-8-7-9-12-28)41(24-32-33(38)13-10-14-34(32)39)36(43)25-42(29-17-19-30(20-18-29)47-6-2)48(45,46)31-21-15-26(3)16-22-31/h7-22,27,35H,5-6,23-25H2,1-4H3,(H,40,44)/t27-,35-/m1/s1. The van der Waals surface area contributed by atoms with Crippen molar-refractivity contribution in [1.82, 2.24) is 10.2 Å². The van der Waals surface area contributed by atoms with Crippen LogP contribution in [0.2, 0.25) is 10.0 Å². The minimum atomic E-state index is -4.25. The lowest BCUT2D eigenvalue weighted by atomic mass is 10.0. The molecule has 11 heteroatoms. The van der Waals surface area contributed by atoms with Gasteiger partial charge in [-0.3, -0.25) is 13.9 Å². The highest BCUT2D eigenvalue weighted by Crippen LogP contribution is 2.30. The summed E-state index contributed by atoms with van der Waals surface area (Å²) in [5.41, 5.74) is 2.40. The van der Waals surface area contributed by atoms with Crippen LogP contribution in [0.25, 0.3) is 0 Å². The highest BCUT2D eigenvalue weighted by molar-refractivity contribution is 7.92. The summed E-state index contributed by atoms with van der Waals surface area (Å²) in [5, 5.41) is 3.65. The molecule has 4 rings (SSSR count). The Morgan fingerprint density at radius 3 is 2.06 bits per heavy atom. The Morgan fingerprint density at radius 1 is 0.854 bits per heavy atom. The third-order valence-electron chi connectivity index (χ3n) is 7.99. The Kier molecular flexibility index (Phi) is 12.9. The van der Waals surface area contributed by atoms with Crippen molar-refractivity contribution in [2.24, 2.45) is 0 Å². The number of nitrogens with one attached hydrogen (secondary N) is 1. The fourth-order valence-corrected chi connectivity index (χ4v) is 7.02. The topological polar surface area (TPSA) is 96.0 Å². The van der Waals surface area contributed by atoms with Crippen molar-refractivity contribution in [2.75, 3.05) is 17.5 Å². The van der Waals surface area contributed by atoms with E-state index in [1.165, 1.54) is 17.0 Å². The van der Waals surface area contributed by atoms with Crippen LogP contribution >= 0.6 is 23.2 Å². The molecule has 254 valence electrons. The Bertz CT molecular complexity index is 1770. The SMILES string of the molecule is CCOc1ccc(N(CC(=O)N(Cc2c(Cl)cccc2Cl)[C@H](Cc2ccccc2)C(=O)N[C@H](C)CC)S(=O)(=O)c2ccc(C)cc2)cc1. The molecular weight excluding hydrogens is 669 g/mol. The number of hydrogen-bond acceptors (Lipinski definition) is 5. The third-order valence-corrected chi connectivity index (χ3v) is 10.5. The summed E-state index contributed by atoms with van der Waals surface area (Å²) in [4.78, 5) is 30.1. The van der Waals surface area contributed by atoms with Gasteiger partial charge in [0.15, 0.2) is 0 Å². The quantitative estimate of drug-likeness (QED) is 0.138. The van der Waals surface area contributed by atoms with Crippen LogP contribution in [0.3, 0.4) is 0 Å². The van der Waals surface area contributed by atoms with Crippen molar-refractivity contribution in [3.8, 4) is 5.75 Å². The van der Waals surface area contributed by atoms with Crippen LogP contribution < -0.4 is 14.4 Å². The van der Waals surface area contributed by atoms with E-state index in [0.717, 1.165) is 15.4 Å². The lowest BCUT2D eigenvalue weighted by Crippen LogP contribution is -2.54. The first-order chi connectivity index (χ1) is 22.9. The van der Waals surface area contributed by atoms with Gasteiger partial charge in [-0.15, -0.1) is 0 Å². The van der Waals surface area contributed by atoms with Crippen LogP contribution in [0.1, 0.15) is 43.9 Å².